The van der Waals surface area contributed by atoms with Crippen LogP contribution in [0, 0.1) is 25.2 Å². The van der Waals surface area contributed by atoms with Crippen molar-refractivity contribution in [2.24, 2.45) is 0 Å². The Hall–Kier alpha value is -2.55. The molecule has 0 saturated carbocycles. The summed E-state index contributed by atoms with van der Waals surface area (Å²) in [4.78, 5) is 26.4. The van der Waals surface area contributed by atoms with Gasteiger partial charge in [-0.15, -0.1) is 0 Å². The third-order valence-electron chi connectivity index (χ3n) is 2.86. The van der Waals surface area contributed by atoms with Gasteiger partial charge in [-0.2, -0.15) is 5.26 Å². The van der Waals surface area contributed by atoms with E-state index in [1.807, 2.05) is 0 Å². The molecule has 0 aliphatic heterocycles. The van der Waals surface area contributed by atoms with Crippen LogP contribution in [0.2, 0.25) is 0 Å². The van der Waals surface area contributed by atoms with Crippen LogP contribution in [0.1, 0.15) is 41.2 Å². The van der Waals surface area contributed by atoms with Crippen molar-refractivity contribution in [1.29, 1.82) is 5.26 Å². The molecule has 1 N–H and O–H groups in total. The smallest absolute Gasteiger partial charge is 0.348 e. The Bertz CT molecular complexity index is 620. The number of nitrogens with zero attached hydrogens (tertiary/aromatic N) is 1. The van der Waals surface area contributed by atoms with Crippen molar-refractivity contribution < 1.29 is 19.1 Å². The average molecular weight is 290 g/mol. The SMILES string of the molecule is CCOC(=O)/C(C#N)=C/c1[nH]c(C)c(C(=O)OCC)c1C. The van der Waals surface area contributed by atoms with Gasteiger partial charge < -0.3 is 14.5 Å². The Morgan fingerprint density at radius 1 is 1.24 bits per heavy atom. The zero-order valence-corrected chi connectivity index (χ0v) is 12.6. The molecular weight excluding hydrogens is 272 g/mol. The van der Waals surface area contributed by atoms with E-state index in [0.717, 1.165) is 0 Å². The van der Waals surface area contributed by atoms with Crippen LogP contribution in [-0.4, -0.2) is 30.1 Å². The van der Waals surface area contributed by atoms with Crippen molar-refractivity contribution in [3.8, 4) is 6.07 Å². The topological polar surface area (TPSA) is 92.2 Å². The lowest BCUT2D eigenvalue weighted by atomic mass is 10.1. The predicted molar refractivity (Wildman–Crippen MR) is 76.4 cm³/mol. The number of hydrogen-bond acceptors (Lipinski definition) is 5. The van der Waals surface area contributed by atoms with Crippen LogP contribution in [-0.2, 0) is 14.3 Å². The third kappa shape index (κ3) is 3.72. The summed E-state index contributed by atoms with van der Waals surface area (Å²) in [5.74, 6) is -1.12. The van der Waals surface area contributed by atoms with E-state index >= 15 is 0 Å². The molecule has 0 atom stereocenters. The summed E-state index contributed by atoms with van der Waals surface area (Å²) in [7, 11) is 0. The molecule has 0 aromatic carbocycles. The largest absolute Gasteiger partial charge is 0.462 e. The van der Waals surface area contributed by atoms with Crippen molar-refractivity contribution in [1.82, 2.24) is 4.98 Å². The maximum absolute atomic E-state index is 11.9. The van der Waals surface area contributed by atoms with E-state index in [2.05, 4.69) is 4.98 Å². The number of carbonyl (C=O) groups excluding carboxylic acids is 2. The van der Waals surface area contributed by atoms with Crippen LogP contribution in [0.25, 0.3) is 6.08 Å². The Kier molecular flexibility index (Phi) is 5.73. The summed E-state index contributed by atoms with van der Waals surface area (Å²) in [6, 6.07) is 1.80. The zero-order valence-electron chi connectivity index (χ0n) is 12.6. The second-order valence-corrected chi connectivity index (χ2v) is 4.27. The van der Waals surface area contributed by atoms with Gasteiger partial charge in [-0.1, -0.05) is 0 Å². The number of esters is 2. The molecule has 0 saturated heterocycles. The molecular formula is C15H18N2O4. The Morgan fingerprint density at radius 2 is 1.86 bits per heavy atom. The first-order valence-corrected chi connectivity index (χ1v) is 6.61. The highest BCUT2D eigenvalue weighted by molar-refractivity contribution is 5.99. The first-order valence-electron chi connectivity index (χ1n) is 6.61. The fraction of sp³-hybridized carbons (Fsp3) is 0.400. The molecule has 1 heterocycles. The molecule has 0 radical (unpaired) electrons. The van der Waals surface area contributed by atoms with Gasteiger partial charge in [-0.05, 0) is 39.3 Å². The number of rotatable bonds is 5. The predicted octanol–water partition coefficient (Wildman–Crippen LogP) is 2.28. The molecule has 0 unspecified atom stereocenters. The van der Waals surface area contributed by atoms with E-state index in [4.69, 9.17) is 14.7 Å². The number of nitriles is 1. The third-order valence-corrected chi connectivity index (χ3v) is 2.86. The van der Waals surface area contributed by atoms with Gasteiger partial charge in [0.05, 0.1) is 18.8 Å². The van der Waals surface area contributed by atoms with Crippen LogP contribution in [0.3, 0.4) is 0 Å². The van der Waals surface area contributed by atoms with Gasteiger partial charge in [0.1, 0.15) is 11.6 Å². The van der Waals surface area contributed by atoms with Gasteiger partial charge in [0.2, 0.25) is 0 Å². The molecule has 6 nitrogen and oxygen atoms in total. The summed E-state index contributed by atoms with van der Waals surface area (Å²) in [6.45, 7) is 7.31. The van der Waals surface area contributed by atoms with Crippen LogP contribution < -0.4 is 0 Å². The van der Waals surface area contributed by atoms with Crippen molar-refractivity contribution in [2.45, 2.75) is 27.7 Å². The van der Waals surface area contributed by atoms with Crippen molar-refractivity contribution in [3.05, 3.63) is 28.1 Å². The number of carbonyl (C=O) groups is 2. The second-order valence-electron chi connectivity index (χ2n) is 4.27. The molecule has 0 amide bonds. The van der Waals surface area contributed by atoms with E-state index in [1.165, 1.54) is 6.08 Å². The summed E-state index contributed by atoms with van der Waals surface area (Å²) >= 11 is 0. The first kappa shape index (κ1) is 16.5. The van der Waals surface area contributed by atoms with Crippen LogP contribution in [0.5, 0.6) is 0 Å². The van der Waals surface area contributed by atoms with Crippen LogP contribution >= 0.6 is 0 Å². The lowest BCUT2D eigenvalue weighted by Gasteiger charge is -2.02. The molecule has 1 aromatic rings. The van der Waals surface area contributed by atoms with E-state index in [0.29, 0.717) is 22.5 Å². The quantitative estimate of drug-likeness (QED) is 0.510. The molecule has 0 spiro atoms. The minimum atomic E-state index is -0.690. The van der Waals surface area contributed by atoms with Crippen molar-refractivity contribution >= 4 is 18.0 Å². The van der Waals surface area contributed by atoms with Gasteiger partial charge >= 0.3 is 11.9 Å². The molecule has 112 valence electrons. The fourth-order valence-electron chi connectivity index (χ4n) is 1.92. The van der Waals surface area contributed by atoms with Gasteiger partial charge in [0.25, 0.3) is 0 Å². The summed E-state index contributed by atoms with van der Waals surface area (Å²) in [6.07, 6.45) is 1.38. The number of aryl methyl sites for hydroxylation is 1. The molecule has 0 bridgehead atoms. The number of aromatic amines is 1. The number of aromatic nitrogens is 1. The monoisotopic (exact) mass is 290 g/mol. The summed E-state index contributed by atoms with van der Waals surface area (Å²) in [5, 5.41) is 9.02. The van der Waals surface area contributed by atoms with Gasteiger partial charge in [0.15, 0.2) is 0 Å². The lowest BCUT2D eigenvalue weighted by Crippen LogP contribution is -2.07. The zero-order chi connectivity index (χ0) is 16.0. The Labute approximate surface area is 123 Å². The number of nitrogens with one attached hydrogen (secondary N) is 1. The number of ether oxygens (including phenoxy) is 2. The molecule has 0 fully saturated rings. The van der Waals surface area contributed by atoms with Crippen molar-refractivity contribution in [3.63, 3.8) is 0 Å². The fourth-order valence-corrected chi connectivity index (χ4v) is 1.92. The van der Waals surface area contributed by atoms with Gasteiger partial charge in [0, 0.05) is 11.4 Å². The van der Waals surface area contributed by atoms with E-state index in [1.54, 1.807) is 33.8 Å². The maximum atomic E-state index is 11.9. The Balaban J connectivity index is 3.21. The minimum Gasteiger partial charge on any atom is -0.462 e. The van der Waals surface area contributed by atoms with Crippen molar-refractivity contribution in [2.75, 3.05) is 13.2 Å². The lowest BCUT2D eigenvalue weighted by molar-refractivity contribution is -0.137. The second kappa shape index (κ2) is 7.29. The number of H-pyrrole nitrogens is 1. The maximum Gasteiger partial charge on any atom is 0.348 e. The highest BCUT2D eigenvalue weighted by Gasteiger charge is 2.19. The molecule has 21 heavy (non-hydrogen) atoms. The molecule has 1 rings (SSSR count). The van der Waals surface area contributed by atoms with Crippen LogP contribution in [0.15, 0.2) is 5.57 Å². The minimum absolute atomic E-state index is 0.128. The van der Waals surface area contributed by atoms with E-state index < -0.39 is 11.9 Å². The standard InChI is InChI=1S/C15H18N2O4/c1-5-20-14(18)11(8-16)7-12-9(3)13(10(4)17-12)15(19)21-6-2/h7,17H,5-6H2,1-4H3/b11-7+. The van der Waals surface area contributed by atoms with E-state index in [9.17, 15) is 9.59 Å². The Morgan fingerprint density at radius 3 is 2.38 bits per heavy atom. The summed E-state index contributed by atoms with van der Waals surface area (Å²) in [5.41, 5.74) is 2.06. The highest BCUT2D eigenvalue weighted by atomic mass is 16.5. The first-order chi connectivity index (χ1) is 9.96. The average Bonchev–Trinajstić information content (AvgIpc) is 2.71. The molecule has 1 aromatic heterocycles. The highest BCUT2D eigenvalue weighted by Crippen LogP contribution is 2.21. The van der Waals surface area contributed by atoms with E-state index in [-0.39, 0.29) is 18.8 Å². The van der Waals surface area contributed by atoms with Gasteiger partial charge in [-0.3, -0.25) is 0 Å². The molecule has 0 aliphatic carbocycles. The number of hydrogen-bond donors (Lipinski definition) is 1. The summed E-state index contributed by atoms with van der Waals surface area (Å²) < 4.78 is 9.78. The van der Waals surface area contributed by atoms with Gasteiger partial charge in [-0.25, -0.2) is 9.59 Å². The molecule has 6 heteroatoms. The molecule has 0 aliphatic rings. The normalized spacial score (nSPS) is 10.9. The van der Waals surface area contributed by atoms with Crippen LogP contribution in [0.4, 0.5) is 0 Å².